The van der Waals surface area contributed by atoms with Crippen molar-refractivity contribution in [1.82, 2.24) is 15.0 Å². The van der Waals surface area contributed by atoms with Crippen LogP contribution in [-0.4, -0.2) is 49.9 Å². The van der Waals surface area contributed by atoms with E-state index in [1.54, 1.807) is 32.4 Å². The first kappa shape index (κ1) is 15.3. The van der Waals surface area contributed by atoms with Crippen LogP contribution in [0.3, 0.4) is 0 Å². The fourth-order valence-electron chi connectivity index (χ4n) is 1.91. The van der Waals surface area contributed by atoms with Crippen LogP contribution in [0.5, 0.6) is 11.5 Å². The summed E-state index contributed by atoms with van der Waals surface area (Å²) in [5.74, 6) is 2.17. The molecular formula is C14H20N4O3. The first-order valence-electron chi connectivity index (χ1n) is 6.51. The summed E-state index contributed by atoms with van der Waals surface area (Å²) < 4.78 is 15.7. The van der Waals surface area contributed by atoms with Gasteiger partial charge in [-0.1, -0.05) is 5.16 Å². The van der Waals surface area contributed by atoms with Gasteiger partial charge < -0.3 is 24.6 Å². The summed E-state index contributed by atoms with van der Waals surface area (Å²) in [5, 5.41) is 3.94. The fraction of sp³-hybridized carbons (Fsp3) is 0.429. The second-order valence-corrected chi connectivity index (χ2v) is 4.93. The van der Waals surface area contributed by atoms with Gasteiger partial charge in [0.05, 0.1) is 20.3 Å². The van der Waals surface area contributed by atoms with E-state index >= 15 is 0 Å². The molecule has 1 atom stereocenters. The number of hydrogen-bond donors (Lipinski definition) is 1. The third kappa shape index (κ3) is 3.71. The predicted molar refractivity (Wildman–Crippen MR) is 78.3 cm³/mol. The van der Waals surface area contributed by atoms with Gasteiger partial charge in [-0.25, -0.2) is 0 Å². The van der Waals surface area contributed by atoms with Crippen molar-refractivity contribution in [1.29, 1.82) is 0 Å². The van der Waals surface area contributed by atoms with E-state index in [1.165, 1.54) is 0 Å². The second kappa shape index (κ2) is 6.55. The zero-order valence-corrected chi connectivity index (χ0v) is 12.7. The van der Waals surface area contributed by atoms with Crippen molar-refractivity contribution in [2.24, 2.45) is 5.73 Å². The number of aromatic nitrogens is 2. The van der Waals surface area contributed by atoms with Gasteiger partial charge in [-0.2, -0.15) is 4.98 Å². The van der Waals surface area contributed by atoms with Crippen LogP contribution in [0.1, 0.15) is 11.9 Å². The van der Waals surface area contributed by atoms with E-state index in [1.807, 2.05) is 19.0 Å². The van der Waals surface area contributed by atoms with Crippen molar-refractivity contribution in [2.45, 2.75) is 6.04 Å². The molecule has 0 aliphatic rings. The average Bonchev–Trinajstić information content (AvgIpc) is 2.96. The number of benzene rings is 1. The standard InChI is InChI=1S/C14H20N4O3/c1-18(2)8-12(15)13-16-14(21-17-13)9-5-10(19-3)7-11(6-9)20-4/h5-7,12H,8,15H2,1-4H3. The Kier molecular flexibility index (Phi) is 4.77. The third-order valence-corrected chi connectivity index (χ3v) is 2.93. The maximum absolute atomic E-state index is 6.02. The minimum absolute atomic E-state index is 0.301. The molecule has 1 heterocycles. The fourth-order valence-corrected chi connectivity index (χ4v) is 1.91. The van der Waals surface area contributed by atoms with Gasteiger partial charge >= 0.3 is 0 Å². The third-order valence-electron chi connectivity index (χ3n) is 2.93. The molecule has 2 aromatic rings. The smallest absolute Gasteiger partial charge is 0.258 e. The first-order valence-corrected chi connectivity index (χ1v) is 6.51. The van der Waals surface area contributed by atoms with E-state index in [0.29, 0.717) is 29.8 Å². The molecule has 114 valence electrons. The molecule has 21 heavy (non-hydrogen) atoms. The molecule has 1 unspecified atom stereocenters. The Morgan fingerprint density at radius 1 is 1.19 bits per heavy atom. The van der Waals surface area contributed by atoms with Gasteiger partial charge in [-0.15, -0.1) is 0 Å². The van der Waals surface area contributed by atoms with Crippen molar-refractivity contribution in [2.75, 3.05) is 34.9 Å². The highest BCUT2D eigenvalue weighted by Gasteiger charge is 2.17. The molecular weight excluding hydrogens is 272 g/mol. The van der Waals surface area contributed by atoms with Crippen LogP contribution in [0, 0.1) is 0 Å². The lowest BCUT2D eigenvalue weighted by Crippen LogP contribution is -2.26. The van der Waals surface area contributed by atoms with Crippen molar-refractivity contribution >= 4 is 0 Å². The van der Waals surface area contributed by atoms with E-state index in [-0.39, 0.29) is 6.04 Å². The predicted octanol–water partition coefficient (Wildman–Crippen LogP) is 1.32. The first-order chi connectivity index (χ1) is 10.0. The van der Waals surface area contributed by atoms with Gasteiger partial charge in [0.25, 0.3) is 5.89 Å². The number of rotatable bonds is 6. The number of hydrogen-bond acceptors (Lipinski definition) is 7. The van der Waals surface area contributed by atoms with Gasteiger partial charge in [-0.05, 0) is 26.2 Å². The van der Waals surface area contributed by atoms with Crippen LogP contribution in [0.15, 0.2) is 22.7 Å². The van der Waals surface area contributed by atoms with Crippen LogP contribution in [0.4, 0.5) is 0 Å². The Morgan fingerprint density at radius 2 is 1.81 bits per heavy atom. The molecule has 1 aromatic heterocycles. The Hall–Kier alpha value is -2.12. The lowest BCUT2D eigenvalue weighted by Gasteiger charge is -2.12. The number of likely N-dealkylation sites (N-methyl/N-ethyl adjacent to an activating group) is 1. The van der Waals surface area contributed by atoms with Crippen molar-refractivity contribution < 1.29 is 14.0 Å². The highest BCUT2D eigenvalue weighted by atomic mass is 16.5. The summed E-state index contributed by atoms with van der Waals surface area (Å²) in [7, 11) is 7.05. The zero-order chi connectivity index (χ0) is 15.4. The van der Waals surface area contributed by atoms with Crippen molar-refractivity contribution in [3.05, 3.63) is 24.0 Å². The molecule has 2 rings (SSSR count). The minimum Gasteiger partial charge on any atom is -0.497 e. The Labute approximate surface area is 123 Å². The normalized spacial score (nSPS) is 12.5. The molecule has 1 aromatic carbocycles. The van der Waals surface area contributed by atoms with E-state index in [9.17, 15) is 0 Å². The number of nitrogens with zero attached hydrogens (tertiary/aromatic N) is 3. The maximum atomic E-state index is 6.02. The van der Waals surface area contributed by atoms with Crippen LogP contribution >= 0.6 is 0 Å². The SMILES string of the molecule is COc1cc(OC)cc(-c2nc(C(N)CN(C)C)no2)c1. The molecule has 7 heteroatoms. The molecule has 2 N–H and O–H groups in total. The Bertz CT molecular complexity index is 575. The monoisotopic (exact) mass is 292 g/mol. The summed E-state index contributed by atoms with van der Waals surface area (Å²) in [6, 6.07) is 5.08. The number of ether oxygens (including phenoxy) is 2. The molecule has 0 aliphatic carbocycles. The van der Waals surface area contributed by atoms with Gasteiger partial charge in [0.2, 0.25) is 0 Å². The summed E-state index contributed by atoms with van der Waals surface area (Å²) in [6.45, 7) is 0.639. The molecule has 0 saturated carbocycles. The van der Waals surface area contributed by atoms with E-state index in [2.05, 4.69) is 10.1 Å². The quantitative estimate of drug-likeness (QED) is 0.859. The van der Waals surface area contributed by atoms with Crippen LogP contribution < -0.4 is 15.2 Å². The Morgan fingerprint density at radius 3 is 2.33 bits per heavy atom. The van der Waals surface area contributed by atoms with Gasteiger partial charge in [-0.3, -0.25) is 0 Å². The molecule has 0 spiro atoms. The highest BCUT2D eigenvalue weighted by molar-refractivity contribution is 5.59. The molecule has 0 fully saturated rings. The van der Waals surface area contributed by atoms with Crippen LogP contribution in [0.2, 0.25) is 0 Å². The summed E-state index contributed by atoms with van der Waals surface area (Å²) in [6.07, 6.45) is 0. The van der Waals surface area contributed by atoms with Crippen LogP contribution in [-0.2, 0) is 0 Å². The van der Waals surface area contributed by atoms with Crippen molar-refractivity contribution in [3.63, 3.8) is 0 Å². The summed E-state index contributed by atoms with van der Waals surface area (Å²) in [5.41, 5.74) is 6.75. The largest absolute Gasteiger partial charge is 0.497 e. The summed E-state index contributed by atoms with van der Waals surface area (Å²) in [4.78, 5) is 6.31. The lowest BCUT2D eigenvalue weighted by molar-refractivity contribution is 0.357. The highest BCUT2D eigenvalue weighted by Crippen LogP contribution is 2.29. The molecule has 7 nitrogen and oxygen atoms in total. The van der Waals surface area contributed by atoms with Gasteiger partial charge in [0, 0.05) is 18.2 Å². The van der Waals surface area contributed by atoms with Gasteiger partial charge in [0.15, 0.2) is 5.82 Å². The zero-order valence-electron chi connectivity index (χ0n) is 12.7. The number of nitrogens with two attached hydrogens (primary N) is 1. The molecule has 0 saturated heterocycles. The minimum atomic E-state index is -0.301. The summed E-state index contributed by atoms with van der Waals surface area (Å²) >= 11 is 0. The van der Waals surface area contributed by atoms with E-state index < -0.39 is 0 Å². The van der Waals surface area contributed by atoms with Crippen molar-refractivity contribution in [3.8, 4) is 23.0 Å². The maximum Gasteiger partial charge on any atom is 0.258 e. The van der Waals surface area contributed by atoms with E-state index in [0.717, 1.165) is 5.56 Å². The average molecular weight is 292 g/mol. The second-order valence-electron chi connectivity index (χ2n) is 4.93. The molecule has 0 radical (unpaired) electrons. The Balaban J connectivity index is 2.28. The van der Waals surface area contributed by atoms with Crippen LogP contribution in [0.25, 0.3) is 11.5 Å². The van der Waals surface area contributed by atoms with E-state index in [4.69, 9.17) is 19.7 Å². The molecule has 0 bridgehead atoms. The topological polar surface area (TPSA) is 86.6 Å². The lowest BCUT2D eigenvalue weighted by atomic mass is 10.2. The molecule has 0 amide bonds. The van der Waals surface area contributed by atoms with Gasteiger partial charge in [0.1, 0.15) is 11.5 Å². The number of methoxy groups -OCH3 is 2. The molecule has 0 aliphatic heterocycles.